The SMILES string of the molecule is O=C1CC(=Nc2cccnc2)O/C1=C\c1c[nH]c2ncccc12. The highest BCUT2D eigenvalue weighted by Gasteiger charge is 2.26. The number of aromatic nitrogens is 3. The maximum Gasteiger partial charge on any atom is 0.207 e. The molecule has 4 rings (SSSR count). The summed E-state index contributed by atoms with van der Waals surface area (Å²) in [5.41, 5.74) is 2.29. The first-order valence-electron chi connectivity index (χ1n) is 7.12. The van der Waals surface area contributed by atoms with E-state index >= 15 is 0 Å². The summed E-state index contributed by atoms with van der Waals surface area (Å²) in [6.45, 7) is 0. The van der Waals surface area contributed by atoms with E-state index in [2.05, 4.69) is 19.9 Å². The van der Waals surface area contributed by atoms with Crippen molar-refractivity contribution in [3.8, 4) is 0 Å². The number of hydrogen-bond donors (Lipinski definition) is 1. The van der Waals surface area contributed by atoms with Crippen LogP contribution in [0.3, 0.4) is 0 Å². The molecule has 0 saturated carbocycles. The molecule has 6 heteroatoms. The highest BCUT2D eigenvalue weighted by molar-refractivity contribution is 6.15. The Balaban J connectivity index is 1.65. The van der Waals surface area contributed by atoms with Crippen LogP contribution in [0, 0.1) is 0 Å². The number of aromatic amines is 1. The quantitative estimate of drug-likeness (QED) is 0.738. The van der Waals surface area contributed by atoms with Gasteiger partial charge in [-0.05, 0) is 30.3 Å². The van der Waals surface area contributed by atoms with Crippen molar-refractivity contribution in [3.05, 3.63) is 60.4 Å². The number of hydrogen-bond acceptors (Lipinski definition) is 5. The number of carbonyl (C=O) groups is 1. The number of fused-ring (bicyclic) bond motifs is 1. The molecule has 0 unspecified atom stereocenters. The molecule has 3 aromatic heterocycles. The smallest absolute Gasteiger partial charge is 0.207 e. The number of nitrogens with zero attached hydrogens (tertiary/aromatic N) is 3. The first-order chi connectivity index (χ1) is 11.3. The van der Waals surface area contributed by atoms with Gasteiger partial charge in [-0.3, -0.25) is 9.78 Å². The zero-order valence-electron chi connectivity index (χ0n) is 12.1. The molecule has 1 saturated heterocycles. The maximum atomic E-state index is 12.1. The lowest BCUT2D eigenvalue weighted by molar-refractivity contribution is -0.114. The Morgan fingerprint density at radius 2 is 2.17 bits per heavy atom. The number of carbonyl (C=O) groups excluding carboxylic acids is 1. The van der Waals surface area contributed by atoms with Gasteiger partial charge in [-0.15, -0.1) is 0 Å². The lowest BCUT2D eigenvalue weighted by Crippen LogP contribution is -1.92. The van der Waals surface area contributed by atoms with Crippen molar-refractivity contribution in [2.75, 3.05) is 0 Å². The first kappa shape index (κ1) is 13.4. The monoisotopic (exact) mass is 304 g/mol. The molecule has 0 atom stereocenters. The van der Waals surface area contributed by atoms with Crippen LogP contribution >= 0.6 is 0 Å². The summed E-state index contributed by atoms with van der Waals surface area (Å²) in [5, 5.41) is 0.939. The molecule has 1 fully saturated rings. The van der Waals surface area contributed by atoms with E-state index in [-0.39, 0.29) is 18.0 Å². The van der Waals surface area contributed by atoms with Crippen molar-refractivity contribution in [1.82, 2.24) is 15.0 Å². The third kappa shape index (κ3) is 2.62. The average molecular weight is 304 g/mol. The molecule has 1 aliphatic heterocycles. The van der Waals surface area contributed by atoms with Gasteiger partial charge in [0.2, 0.25) is 11.7 Å². The van der Waals surface area contributed by atoms with Gasteiger partial charge < -0.3 is 9.72 Å². The van der Waals surface area contributed by atoms with E-state index in [1.807, 2.05) is 12.1 Å². The summed E-state index contributed by atoms with van der Waals surface area (Å²) < 4.78 is 5.60. The van der Waals surface area contributed by atoms with Gasteiger partial charge in [0.15, 0.2) is 5.76 Å². The second-order valence-corrected chi connectivity index (χ2v) is 5.07. The van der Waals surface area contributed by atoms with Crippen molar-refractivity contribution < 1.29 is 9.53 Å². The molecular formula is C17H12N4O2. The topological polar surface area (TPSA) is 80.2 Å². The molecule has 3 aromatic rings. The molecule has 0 amide bonds. The maximum absolute atomic E-state index is 12.1. The lowest BCUT2D eigenvalue weighted by atomic mass is 10.1. The number of nitrogens with one attached hydrogen (secondary N) is 1. The molecule has 1 aliphatic rings. The van der Waals surface area contributed by atoms with Gasteiger partial charge in [-0.1, -0.05) is 0 Å². The summed E-state index contributed by atoms with van der Waals surface area (Å²) in [6, 6.07) is 7.38. The first-order valence-corrected chi connectivity index (χ1v) is 7.12. The normalized spacial score (nSPS) is 18.0. The molecule has 0 spiro atoms. The van der Waals surface area contributed by atoms with Crippen LogP contribution < -0.4 is 0 Å². The Hall–Kier alpha value is -3.28. The van der Waals surface area contributed by atoms with Gasteiger partial charge in [0.05, 0.1) is 18.3 Å². The molecule has 112 valence electrons. The minimum Gasteiger partial charge on any atom is -0.439 e. The average Bonchev–Trinajstić information content (AvgIpc) is 3.13. The molecule has 6 nitrogen and oxygen atoms in total. The van der Waals surface area contributed by atoms with Crippen molar-refractivity contribution >= 4 is 34.5 Å². The molecule has 0 radical (unpaired) electrons. The van der Waals surface area contributed by atoms with Crippen LogP contribution in [0.5, 0.6) is 0 Å². The predicted octanol–water partition coefficient (Wildman–Crippen LogP) is 3.02. The van der Waals surface area contributed by atoms with Gasteiger partial charge in [0, 0.05) is 29.5 Å². The number of rotatable bonds is 2. The molecule has 0 aliphatic carbocycles. The van der Waals surface area contributed by atoms with E-state index in [9.17, 15) is 4.79 Å². The summed E-state index contributed by atoms with van der Waals surface area (Å²) in [7, 11) is 0. The highest BCUT2D eigenvalue weighted by atomic mass is 16.5. The number of ether oxygens (including phenoxy) is 1. The van der Waals surface area contributed by atoms with Crippen LogP contribution in [-0.2, 0) is 9.53 Å². The van der Waals surface area contributed by atoms with Crippen molar-refractivity contribution in [2.24, 2.45) is 4.99 Å². The van der Waals surface area contributed by atoms with E-state index < -0.39 is 0 Å². The summed E-state index contributed by atoms with van der Waals surface area (Å²) in [6.07, 6.45) is 8.67. The van der Waals surface area contributed by atoms with Gasteiger partial charge in [-0.2, -0.15) is 0 Å². The zero-order valence-corrected chi connectivity index (χ0v) is 12.1. The van der Waals surface area contributed by atoms with E-state index in [0.717, 1.165) is 16.6 Å². The number of pyridine rings is 2. The highest BCUT2D eigenvalue weighted by Crippen LogP contribution is 2.24. The summed E-state index contributed by atoms with van der Waals surface area (Å²) in [4.78, 5) is 27.7. The number of allylic oxidation sites excluding steroid dienone is 1. The zero-order chi connectivity index (χ0) is 15.6. The van der Waals surface area contributed by atoms with Gasteiger partial charge in [0.1, 0.15) is 5.65 Å². The second-order valence-electron chi connectivity index (χ2n) is 5.07. The van der Waals surface area contributed by atoms with E-state index in [1.165, 1.54) is 0 Å². The Morgan fingerprint density at radius 3 is 3.04 bits per heavy atom. The Morgan fingerprint density at radius 1 is 1.26 bits per heavy atom. The third-order valence-corrected chi connectivity index (χ3v) is 3.48. The Labute approximate surface area is 131 Å². The Kier molecular flexibility index (Phi) is 3.20. The van der Waals surface area contributed by atoms with Gasteiger partial charge in [0.25, 0.3) is 0 Å². The number of Topliss-reactive ketones (excluding diaryl/α,β-unsaturated/α-hetero) is 1. The van der Waals surface area contributed by atoms with Crippen LogP contribution in [0.4, 0.5) is 5.69 Å². The standard InChI is InChI=1S/C17H12N4O2/c22-14-8-16(21-12-3-1-5-18-10-12)23-15(14)7-11-9-20-17-13(11)4-2-6-19-17/h1-7,9-10H,8H2,(H,19,20)/b15-7-,21-16?. The van der Waals surface area contributed by atoms with Crippen LogP contribution in [-0.4, -0.2) is 26.6 Å². The fourth-order valence-corrected chi connectivity index (χ4v) is 2.42. The molecular weight excluding hydrogens is 292 g/mol. The minimum atomic E-state index is -0.0918. The van der Waals surface area contributed by atoms with Crippen molar-refractivity contribution in [1.29, 1.82) is 0 Å². The van der Waals surface area contributed by atoms with Gasteiger partial charge >= 0.3 is 0 Å². The van der Waals surface area contributed by atoms with Gasteiger partial charge in [-0.25, -0.2) is 9.98 Å². The largest absolute Gasteiger partial charge is 0.439 e. The fraction of sp³-hybridized carbons (Fsp3) is 0.0588. The third-order valence-electron chi connectivity index (χ3n) is 3.48. The van der Waals surface area contributed by atoms with E-state index in [0.29, 0.717) is 11.6 Å². The van der Waals surface area contributed by atoms with Crippen LogP contribution in [0.1, 0.15) is 12.0 Å². The van der Waals surface area contributed by atoms with Crippen LogP contribution in [0.25, 0.3) is 17.1 Å². The summed E-state index contributed by atoms with van der Waals surface area (Å²) >= 11 is 0. The van der Waals surface area contributed by atoms with Crippen molar-refractivity contribution in [2.45, 2.75) is 6.42 Å². The summed E-state index contributed by atoms with van der Waals surface area (Å²) in [5.74, 6) is 0.579. The van der Waals surface area contributed by atoms with Crippen LogP contribution in [0.2, 0.25) is 0 Å². The predicted molar refractivity (Wildman–Crippen MR) is 86.1 cm³/mol. The van der Waals surface area contributed by atoms with E-state index in [1.54, 1.807) is 43.0 Å². The minimum absolute atomic E-state index is 0.0918. The molecule has 0 aromatic carbocycles. The Bertz CT molecular complexity index is 941. The second kappa shape index (κ2) is 5.49. The number of H-pyrrole nitrogens is 1. The molecule has 23 heavy (non-hydrogen) atoms. The number of ketones is 1. The molecule has 0 bridgehead atoms. The van der Waals surface area contributed by atoms with E-state index in [4.69, 9.17) is 4.74 Å². The number of aliphatic imine (C=N–C) groups is 1. The molecule has 4 heterocycles. The lowest BCUT2D eigenvalue weighted by Gasteiger charge is -1.98. The molecule has 1 N–H and O–H groups in total. The van der Waals surface area contributed by atoms with Crippen LogP contribution in [0.15, 0.2) is 59.8 Å². The van der Waals surface area contributed by atoms with Crippen molar-refractivity contribution in [3.63, 3.8) is 0 Å². The fourth-order valence-electron chi connectivity index (χ4n) is 2.42.